The number of aryl methyl sites for hydroxylation is 1. The molecule has 3 rings (SSSR count). The second kappa shape index (κ2) is 8.02. The highest BCUT2D eigenvalue weighted by Crippen LogP contribution is 2.22. The van der Waals surface area contributed by atoms with E-state index in [9.17, 15) is 0 Å². The van der Waals surface area contributed by atoms with Gasteiger partial charge in [0, 0.05) is 19.1 Å². The molecule has 1 aromatic carbocycles. The van der Waals surface area contributed by atoms with Gasteiger partial charge in [-0.05, 0) is 58.5 Å². The average Bonchev–Trinajstić information content (AvgIpc) is 3.15. The molecule has 0 amide bonds. The Morgan fingerprint density at radius 3 is 2.84 bits per heavy atom. The zero-order valence-corrected chi connectivity index (χ0v) is 15.7. The summed E-state index contributed by atoms with van der Waals surface area (Å²) in [6, 6.07) is 8.93. The van der Waals surface area contributed by atoms with Crippen LogP contribution in [0, 0.1) is 6.92 Å². The Bertz CT molecular complexity index is 683. The largest absolute Gasteiger partial charge is 0.491 e. The van der Waals surface area contributed by atoms with Gasteiger partial charge < -0.3 is 14.1 Å². The fourth-order valence-corrected chi connectivity index (χ4v) is 3.40. The minimum atomic E-state index is 0.185. The van der Waals surface area contributed by atoms with Crippen molar-refractivity contribution in [2.45, 2.75) is 52.4 Å². The van der Waals surface area contributed by atoms with E-state index in [0.717, 1.165) is 43.6 Å². The third-order valence-corrected chi connectivity index (χ3v) is 4.55. The Morgan fingerprint density at radius 1 is 1.36 bits per heavy atom. The number of aromatic nitrogens is 1. The van der Waals surface area contributed by atoms with Gasteiger partial charge in [-0.3, -0.25) is 4.90 Å². The fourth-order valence-electron chi connectivity index (χ4n) is 3.40. The summed E-state index contributed by atoms with van der Waals surface area (Å²) in [6.07, 6.45) is 3.16. The summed E-state index contributed by atoms with van der Waals surface area (Å²) in [7, 11) is 2.19. The molecule has 1 saturated heterocycles. The Labute approximate surface area is 150 Å². The van der Waals surface area contributed by atoms with Crippen molar-refractivity contribution < 1.29 is 9.15 Å². The number of likely N-dealkylation sites (tertiary alicyclic amines) is 1. The lowest BCUT2D eigenvalue weighted by molar-refractivity contribution is 0.163. The van der Waals surface area contributed by atoms with Crippen molar-refractivity contribution >= 4 is 0 Å². The number of benzene rings is 1. The van der Waals surface area contributed by atoms with Crippen LogP contribution < -0.4 is 4.74 Å². The van der Waals surface area contributed by atoms with Gasteiger partial charge in [-0.15, -0.1) is 0 Å². The van der Waals surface area contributed by atoms with Gasteiger partial charge in [-0.2, -0.15) is 0 Å². The quantitative estimate of drug-likeness (QED) is 0.770. The predicted octanol–water partition coefficient (Wildman–Crippen LogP) is 3.48. The zero-order valence-electron chi connectivity index (χ0n) is 15.7. The van der Waals surface area contributed by atoms with Gasteiger partial charge in [0.05, 0.1) is 18.8 Å². The normalized spacial score (nSPS) is 18.4. The van der Waals surface area contributed by atoms with Crippen LogP contribution in [0.5, 0.6) is 5.75 Å². The Balaban J connectivity index is 1.74. The Hall–Kier alpha value is -1.85. The monoisotopic (exact) mass is 343 g/mol. The lowest BCUT2D eigenvalue weighted by atomic mass is 10.1. The number of nitrogens with zero attached hydrogens (tertiary/aromatic N) is 3. The zero-order chi connectivity index (χ0) is 17.8. The molecule has 0 radical (unpaired) electrons. The van der Waals surface area contributed by atoms with E-state index < -0.39 is 0 Å². The molecule has 1 aromatic heterocycles. The van der Waals surface area contributed by atoms with Crippen LogP contribution in [-0.2, 0) is 13.1 Å². The van der Waals surface area contributed by atoms with Crippen LogP contribution in [0.4, 0.5) is 0 Å². The fraction of sp³-hybridized carbons (Fsp3) is 0.550. The summed E-state index contributed by atoms with van der Waals surface area (Å²) in [6.45, 7) is 9.88. The van der Waals surface area contributed by atoms with Crippen LogP contribution in [0.25, 0.3) is 0 Å². The second-order valence-electron chi connectivity index (χ2n) is 7.29. The van der Waals surface area contributed by atoms with Crippen molar-refractivity contribution in [1.82, 2.24) is 14.8 Å². The van der Waals surface area contributed by atoms with Crippen molar-refractivity contribution in [3.8, 4) is 5.75 Å². The van der Waals surface area contributed by atoms with E-state index in [1.807, 2.05) is 13.0 Å². The maximum Gasteiger partial charge on any atom is 0.208 e. The summed E-state index contributed by atoms with van der Waals surface area (Å²) >= 11 is 0. The van der Waals surface area contributed by atoms with E-state index in [-0.39, 0.29) is 6.10 Å². The van der Waals surface area contributed by atoms with Gasteiger partial charge in [0.25, 0.3) is 0 Å². The number of oxazole rings is 1. The molecule has 0 bridgehead atoms. The molecule has 5 nitrogen and oxygen atoms in total. The number of rotatable bonds is 7. The summed E-state index contributed by atoms with van der Waals surface area (Å²) in [4.78, 5) is 9.26. The molecule has 0 saturated carbocycles. The van der Waals surface area contributed by atoms with Crippen LogP contribution in [0.2, 0.25) is 0 Å². The third kappa shape index (κ3) is 5.06. The van der Waals surface area contributed by atoms with Gasteiger partial charge in [0.15, 0.2) is 0 Å². The maximum atomic E-state index is 5.84. The van der Waals surface area contributed by atoms with Crippen LogP contribution in [0.15, 0.2) is 34.9 Å². The molecule has 0 aliphatic carbocycles. The summed E-state index contributed by atoms with van der Waals surface area (Å²) in [5, 5.41) is 0. The summed E-state index contributed by atoms with van der Waals surface area (Å²) in [5.74, 6) is 2.59. The molecule has 136 valence electrons. The summed E-state index contributed by atoms with van der Waals surface area (Å²) < 4.78 is 11.6. The number of ether oxygens (including phenoxy) is 1. The third-order valence-electron chi connectivity index (χ3n) is 4.55. The molecule has 0 N–H and O–H groups in total. The first-order valence-corrected chi connectivity index (χ1v) is 9.09. The van der Waals surface area contributed by atoms with E-state index in [1.165, 1.54) is 12.0 Å². The lowest BCUT2D eigenvalue weighted by Crippen LogP contribution is -2.36. The van der Waals surface area contributed by atoms with E-state index in [4.69, 9.17) is 9.15 Å². The predicted molar refractivity (Wildman–Crippen MR) is 98.6 cm³/mol. The molecule has 5 heteroatoms. The molecule has 1 fully saturated rings. The molecule has 1 aliphatic heterocycles. The highest BCUT2D eigenvalue weighted by Gasteiger charge is 2.27. The van der Waals surface area contributed by atoms with E-state index in [1.54, 1.807) is 6.20 Å². The van der Waals surface area contributed by atoms with Gasteiger partial charge >= 0.3 is 0 Å². The molecule has 0 unspecified atom stereocenters. The maximum absolute atomic E-state index is 5.84. The molecule has 1 aliphatic rings. The van der Waals surface area contributed by atoms with Crippen LogP contribution >= 0.6 is 0 Å². The minimum absolute atomic E-state index is 0.185. The van der Waals surface area contributed by atoms with E-state index >= 15 is 0 Å². The van der Waals surface area contributed by atoms with Gasteiger partial charge in [0.1, 0.15) is 11.5 Å². The summed E-state index contributed by atoms with van der Waals surface area (Å²) in [5.41, 5.74) is 1.26. The smallest absolute Gasteiger partial charge is 0.208 e. The highest BCUT2D eigenvalue weighted by molar-refractivity contribution is 5.28. The molecule has 2 aromatic rings. The van der Waals surface area contributed by atoms with Crippen LogP contribution in [-0.4, -0.2) is 47.1 Å². The number of hydrogen-bond acceptors (Lipinski definition) is 5. The van der Waals surface area contributed by atoms with Gasteiger partial charge in [-0.25, -0.2) is 4.98 Å². The molecule has 2 heterocycles. The molecule has 1 atom stereocenters. The topological polar surface area (TPSA) is 41.7 Å². The van der Waals surface area contributed by atoms with Crippen molar-refractivity contribution in [3.63, 3.8) is 0 Å². The van der Waals surface area contributed by atoms with Crippen LogP contribution in [0.1, 0.15) is 37.5 Å². The SMILES string of the molecule is Cc1cnc(CN(Cc2cccc(OC(C)C)c2)[C@H]2CCN(C)C2)o1. The van der Waals surface area contributed by atoms with Crippen molar-refractivity contribution in [3.05, 3.63) is 47.7 Å². The lowest BCUT2D eigenvalue weighted by Gasteiger charge is -2.28. The van der Waals surface area contributed by atoms with E-state index in [2.05, 4.69) is 53.9 Å². The highest BCUT2D eigenvalue weighted by atomic mass is 16.5. The van der Waals surface area contributed by atoms with Crippen molar-refractivity contribution in [1.29, 1.82) is 0 Å². The van der Waals surface area contributed by atoms with Crippen molar-refractivity contribution in [2.75, 3.05) is 20.1 Å². The average molecular weight is 343 g/mol. The second-order valence-corrected chi connectivity index (χ2v) is 7.29. The Morgan fingerprint density at radius 2 is 2.20 bits per heavy atom. The van der Waals surface area contributed by atoms with Crippen molar-refractivity contribution in [2.24, 2.45) is 0 Å². The van der Waals surface area contributed by atoms with Crippen LogP contribution in [0.3, 0.4) is 0 Å². The minimum Gasteiger partial charge on any atom is -0.491 e. The molecule has 0 spiro atoms. The number of likely N-dealkylation sites (N-methyl/N-ethyl adjacent to an activating group) is 1. The van der Waals surface area contributed by atoms with Gasteiger partial charge in [0.2, 0.25) is 5.89 Å². The standard InChI is InChI=1S/C20H29N3O2/c1-15(2)24-19-7-5-6-17(10-19)12-23(18-8-9-22(4)13-18)14-20-21-11-16(3)25-20/h5-7,10-11,15,18H,8-9,12-14H2,1-4H3/t18-/m0/s1. The first-order valence-electron chi connectivity index (χ1n) is 9.09. The first kappa shape index (κ1) is 18.0. The molecular formula is C20H29N3O2. The number of hydrogen-bond donors (Lipinski definition) is 0. The molecular weight excluding hydrogens is 314 g/mol. The van der Waals surface area contributed by atoms with Gasteiger partial charge in [-0.1, -0.05) is 12.1 Å². The van der Waals surface area contributed by atoms with E-state index in [0.29, 0.717) is 6.04 Å². The first-order chi connectivity index (χ1) is 12.0. The Kier molecular flexibility index (Phi) is 5.76. The molecule has 25 heavy (non-hydrogen) atoms.